The summed E-state index contributed by atoms with van der Waals surface area (Å²) in [5.41, 5.74) is 5.43. The van der Waals surface area contributed by atoms with E-state index in [4.69, 9.17) is 16.9 Å². The highest BCUT2D eigenvalue weighted by Crippen LogP contribution is 2.29. The van der Waals surface area contributed by atoms with Gasteiger partial charge in [-0.05, 0) is 72.5 Å². The Morgan fingerprint density at radius 3 is 2.71 bits per heavy atom. The summed E-state index contributed by atoms with van der Waals surface area (Å²) in [4.78, 5) is 21.5. The Morgan fingerprint density at radius 1 is 0.971 bits per heavy atom. The lowest BCUT2D eigenvalue weighted by Gasteiger charge is -2.15. The molecule has 0 saturated heterocycles. The van der Waals surface area contributed by atoms with E-state index in [1.165, 1.54) is 0 Å². The number of rotatable bonds is 2. The summed E-state index contributed by atoms with van der Waals surface area (Å²) in [6.07, 6.45) is 3.00. The Labute approximate surface area is 207 Å². The molecule has 3 aromatic carbocycles. The van der Waals surface area contributed by atoms with Crippen molar-refractivity contribution in [2.75, 3.05) is 21.3 Å². The third-order valence-corrected chi connectivity index (χ3v) is 5.75. The second-order valence-corrected chi connectivity index (χ2v) is 8.39. The summed E-state index contributed by atoms with van der Waals surface area (Å²) in [7, 11) is 0. The van der Waals surface area contributed by atoms with Crippen LogP contribution in [0.4, 0.5) is 39.3 Å². The number of nitrogens with zero attached hydrogens (tertiary/aromatic N) is 3. The second-order valence-electron chi connectivity index (χ2n) is 7.98. The minimum Gasteiger partial charge on any atom is -0.339 e. The number of urea groups is 1. The van der Waals surface area contributed by atoms with Crippen molar-refractivity contribution in [3.63, 3.8) is 0 Å². The minimum absolute atomic E-state index is 0.391. The largest absolute Gasteiger partial charge is 0.339 e. The number of nitriles is 1. The number of nitrogens with one attached hydrogen (secondary N) is 4. The van der Waals surface area contributed by atoms with Crippen LogP contribution in [-0.4, -0.2) is 16.0 Å². The molecule has 5 rings (SSSR count). The number of aromatic nitrogens is 2. The van der Waals surface area contributed by atoms with E-state index in [0.717, 1.165) is 28.9 Å². The molecule has 1 aliphatic heterocycles. The lowest BCUT2D eigenvalue weighted by atomic mass is 10.0. The van der Waals surface area contributed by atoms with Gasteiger partial charge in [-0.2, -0.15) is 10.2 Å². The molecule has 0 fully saturated rings. The maximum Gasteiger partial charge on any atom is 0.323 e. The number of hydrogen-bond donors (Lipinski definition) is 4. The monoisotopic (exact) mass is 481 g/mol. The summed E-state index contributed by atoms with van der Waals surface area (Å²) in [6.45, 7) is 0. The van der Waals surface area contributed by atoms with E-state index in [1.54, 1.807) is 30.5 Å². The fourth-order valence-corrected chi connectivity index (χ4v) is 3.95. The van der Waals surface area contributed by atoms with Gasteiger partial charge in [-0.25, -0.2) is 9.78 Å². The van der Waals surface area contributed by atoms with Gasteiger partial charge in [0.05, 0.1) is 17.8 Å². The molecule has 0 radical (unpaired) electrons. The molecule has 6 bridgehead atoms. The molecule has 4 aromatic rings. The summed E-state index contributed by atoms with van der Waals surface area (Å²) in [5.74, 6) is 0.908. The number of aryl methyl sites for hydroxylation is 2. The Bertz CT molecular complexity index is 1460. The predicted octanol–water partition coefficient (Wildman–Crippen LogP) is 6.23. The number of halogens is 1. The van der Waals surface area contributed by atoms with Gasteiger partial charge in [-0.3, -0.25) is 0 Å². The van der Waals surface area contributed by atoms with Gasteiger partial charge in [0, 0.05) is 22.7 Å². The van der Waals surface area contributed by atoms with Gasteiger partial charge < -0.3 is 21.3 Å². The third-order valence-electron chi connectivity index (χ3n) is 5.48. The van der Waals surface area contributed by atoms with Gasteiger partial charge in [-0.15, -0.1) is 0 Å². The lowest BCUT2D eigenvalue weighted by Crippen LogP contribution is -2.20. The van der Waals surface area contributed by atoms with Crippen LogP contribution in [0.5, 0.6) is 0 Å². The molecular weight excluding hydrogens is 462 g/mol. The Morgan fingerprint density at radius 2 is 1.83 bits per heavy atom. The molecule has 0 unspecified atom stereocenters. The highest BCUT2D eigenvalue weighted by atomic mass is 35.5. The first-order valence-electron chi connectivity index (χ1n) is 10.9. The average molecular weight is 482 g/mol. The lowest BCUT2D eigenvalue weighted by molar-refractivity contribution is 0.262. The van der Waals surface area contributed by atoms with Crippen LogP contribution in [-0.2, 0) is 12.8 Å². The number of hydrogen-bond acceptors (Lipinski definition) is 6. The molecule has 1 aromatic heterocycles. The maximum atomic E-state index is 12.7. The standard InChI is InChI=1S/C26H20ClN7O/c27-22-15-29-25-31-19-5-1-3-16(11-19)7-8-18-13-21(30-24(22)34-25)9-10-23(18)33-26(35)32-20-6-2-4-17(12-20)14-28/h1-6,9-13,15H,7-8H2,(H2,32,33,35)(H2,29,30,31,34). The molecule has 9 heteroatoms. The van der Waals surface area contributed by atoms with E-state index in [0.29, 0.717) is 40.1 Å². The van der Waals surface area contributed by atoms with Gasteiger partial charge in [-0.1, -0.05) is 29.8 Å². The zero-order chi connectivity index (χ0) is 24.2. The molecule has 0 spiro atoms. The van der Waals surface area contributed by atoms with Crippen molar-refractivity contribution in [3.05, 3.63) is 94.6 Å². The highest BCUT2D eigenvalue weighted by molar-refractivity contribution is 6.32. The van der Waals surface area contributed by atoms with Crippen molar-refractivity contribution in [2.45, 2.75) is 12.8 Å². The van der Waals surface area contributed by atoms with Crippen LogP contribution in [0, 0.1) is 11.3 Å². The minimum atomic E-state index is -0.394. The van der Waals surface area contributed by atoms with E-state index in [9.17, 15) is 4.79 Å². The van der Waals surface area contributed by atoms with E-state index in [2.05, 4.69) is 49.4 Å². The quantitative estimate of drug-likeness (QED) is 0.270. The first kappa shape index (κ1) is 22.2. The smallest absolute Gasteiger partial charge is 0.323 e. The van der Waals surface area contributed by atoms with Gasteiger partial charge in [0.1, 0.15) is 5.02 Å². The van der Waals surface area contributed by atoms with Gasteiger partial charge >= 0.3 is 6.03 Å². The Hall–Kier alpha value is -4.61. The van der Waals surface area contributed by atoms with Crippen molar-refractivity contribution in [1.82, 2.24) is 9.97 Å². The van der Waals surface area contributed by atoms with Gasteiger partial charge in [0.25, 0.3) is 0 Å². The second kappa shape index (κ2) is 9.71. The molecule has 4 N–H and O–H groups in total. The zero-order valence-corrected chi connectivity index (χ0v) is 19.2. The number of benzene rings is 3. The number of fused-ring (bicyclic) bond motifs is 6. The average Bonchev–Trinajstić information content (AvgIpc) is 2.86. The Kier molecular flexibility index (Phi) is 6.16. The summed E-state index contributed by atoms with van der Waals surface area (Å²) >= 11 is 6.33. The topological polar surface area (TPSA) is 115 Å². The third kappa shape index (κ3) is 5.32. The molecule has 0 aliphatic carbocycles. The molecule has 0 saturated carbocycles. The number of carbonyl (C=O) groups excluding carboxylic acids is 1. The van der Waals surface area contributed by atoms with Crippen LogP contribution in [0.25, 0.3) is 0 Å². The number of amides is 2. The fourth-order valence-electron chi connectivity index (χ4n) is 3.82. The van der Waals surface area contributed by atoms with E-state index in [-0.39, 0.29) is 0 Å². The molecule has 2 amide bonds. The SMILES string of the molecule is N#Cc1cccc(NC(=O)Nc2ccc3cc2CCc2cccc(c2)Nc2ncc(Cl)c(n2)N3)c1. The molecule has 8 nitrogen and oxygen atoms in total. The van der Waals surface area contributed by atoms with Crippen LogP contribution >= 0.6 is 11.6 Å². The van der Waals surface area contributed by atoms with Crippen LogP contribution in [0.1, 0.15) is 16.7 Å². The van der Waals surface area contributed by atoms with Crippen molar-refractivity contribution in [2.24, 2.45) is 0 Å². The maximum absolute atomic E-state index is 12.7. The van der Waals surface area contributed by atoms with Crippen LogP contribution in [0.15, 0.2) is 72.9 Å². The predicted molar refractivity (Wildman–Crippen MR) is 138 cm³/mol. The van der Waals surface area contributed by atoms with E-state index >= 15 is 0 Å². The zero-order valence-electron chi connectivity index (χ0n) is 18.5. The van der Waals surface area contributed by atoms with Crippen molar-refractivity contribution >= 4 is 52.1 Å². The first-order valence-corrected chi connectivity index (χ1v) is 11.3. The van der Waals surface area contributed by atoms with Gasteiger partial charge in [0.15, 0.2) is 5.82 Å². The number of carbonyl (C=O) groups is 1. The summed E-state index contributed by atoms with van der Waals surface area (Å²) < 4.78 is 0. The molecule has 172 valence electrons. The first-order chi connectivity index (χ1) is 17.1. The fraction of sp³-hybridized carbons (Fsp3) is 0.0769. The Balaban J connectivity index is 1.45. The molecule has 0 atom stereocenters. The molecular formula is C26H20ClN7O. The van der Waals surface area contributed by atoms with E-state index < -0.39 is 6.03 Å². The normalized spacial score (nSPS) is 11.9. The summed E-state index contributed by atoms with van der Waals surface area (Å²) in [6, 6.07) is 22.1. The van der Waals surface area contributed by atoms with E-state index in [1.807, 2.05) is 30.3 Å². The van der Waals surface area contributed by atoms with Crippen molar-refractivity contribution in [3.8, 4) is 6.07 Å². The van der Waals surface area contributed by atoms with Crippen LogP contribution < -0.4 is 21.3 Å². The van der Waals surface area contributed by atoms with Crippen molar-refractivity contribution < 1.29 is 4.79 Å². The molecule has 35 heavy (non-hydrogen) atoms. The summed E-state index contributed by atoms with van der Waals surface area (Å²) in [5, 5.41) is 21.7. The van der Waals surface area contributed by atoms with Crippen molar-refractivity contribution in [1.29, 1.82) is 5.26 Å². The highest BCUT2D eigenvalue weighted by Gasteiger charge is 2.13. The molecule has 2 heterocycles. The van der Waals surface area contributed by atoms with Gasteiger partial charge in [0.2, 0.25) is 5.95 Å². The molecule has 1 aliphatic rings. The number of anilines is 6. The van der Waals surface area contributed by atoms with Crippen LogP contribution in [0.2, 0.25) is 5.02 Å². The van der Waals surface area contributed by atoms with Crippen LogP contribution in [0.3, 0.4) is 0 Å².